The number of carbonyl (C=O) groups excluding carboxylic acids is 3. The highest BCUT2D eigenvalue weighted by atomic mass is 32.2. The van der Waals surface area contributed by atoms with E-state index >= 15 is 0 Å². The Balaban J connectivity index is 1.84. The van der Waals surface area contributed by atoms with Crippen LogP contribution in [0.3, 0.4) is 0 Å². The maximum absolute atomic E-state index is 12.1. The molecule has 0 fully saturated rings. The SMILES string of the molecule is CSc1cc(C(=O)ON2C(=O)c3ccccc3C2=O)ccn1. The van der Waals surface area contributed by atoms with Crippen LogP contribution in [-0.4, -0.2) is 34.1 Å². The summed E-state index contributed by atoms with van der Waals surface area (Å²) in [6.45, 7) is 0. The highest BCUT2D eigenvalue weighted by Gasteiger charge is 2.38. The molecule has 2 heterocycles. The van der Waals surface area contributed by atoms with E-state index in [1.54, 1.807) is 12.1 Å². The summed E-state index contributed by atoms with van der Waals surface area (Å²) < 4.78 is 0. The van der Waals surface area contributed by atoms with Gasteiger partial charge in [-0.15, -0.1) is 11.8 Å². The van der Waals surface area contributed by atoms with Crippen LogP contribution in [0.4, 0.5) is 0 Å². The molecule has 2 amide bonds. The second-order valence-electron chi connectivity index (χ2n) is 4.42. The maximum atomic E-state index is 12.1. The van der Waals surface area contributed by atoms with Crippen LogP contribution in [-0.2, 0) is 4.84 Å². The number of hydrogen-bond acceptors (Lipinski definition) is 6. The molecule has 1 aliphatic rings. The van der Waals surface area contributed by atoms with E-state index < -0.39 is 17.8 Å². The summed E-state index contributed by atoms with van der Waals surface area (Å²) >= 11 is 1.37. The molecule has 0 unspecified atom stereocenters. The molecule has 0 spiro atoms. The Hall–Kier alpha value is -2.67. The smallest absolute Gasteiger partial charge is 0.324 e. The highest BCUT2D eigenvalue weighted by Crippen LogP contribution is 2.23. The van der Waals surface area contributed by atoms with Gasteiger partial charge in [0.1, 0.15) is 0 Å². The third-order valence-electron chi connectivity index (χ3n) is 3.11. The van der Waals surface area contributed by atoms with E-state index in [4.69, 9.17) is 4.84 Å². The molecule has 0 saturated heterocycles. The van der Waals surface area contributed by atoms with Crippen molar-refractivity contribution in [2.24, 2.45) is 0 Å². The van der Waals surface area contributed by atoms with E-state index in [0.29, 0.717) is 10.1 Å². The van der Waals surface area contributed by atoms with E-state index in [-0.39, 0.29) is 16.7 Å². The van der Waals surface area contributed by atoms with Crippen molar-refractivity contribution in [1.29, 1.82) is 0 Å². The number of amides is 2. The van der Waals surface area contributed by atoms with E-state index in [2.05, 4.69) is 4.98 Å². The second kappa shape index (κ2) is 5.61. The number of benzene rings is 1. The van der Waals surface area contributed by atoms with Gasteiger partial charge in [0.15, 0.2) is 0 Å². The second-order valence-corrected chi connectivity index (χ2v) is 5.24. The van der Waals surface area contributed by atoms with Gasteiger partial charge in [-0.3, -0.25) is 9.59 Å². The maximum Gasteiger partial charge on any atom is 0.364 e. The van der Waals surface area contributed by atoms with Crippen LogP contribution in [0.5, 0.6) is 0 Å². The molecule has 1 aliphatic heterocycles. The largest absolute Gasteiger partial charge is 0.364 e. The van der Waals surface area contributed by atoms with Crippen LogP contribution in [0.2, 0.25) is 0 Å². The molecule has 3 rings (SSSR count). The first-order valence-corrected chi connectivity index (χ1v) is 7.54. The lowest BCUT2D eigenvalue weighted by molar-refractivity contribution is -0.0584. The summed E-state index contributed by atoms with van der Waals surface area (Å²) in [6, 6.07) is 9.31. The van der Waals surface area contributed by atoms with Gasteiger partial charge in [-0.05, 0) is 30.5 Å². The minimum Gasteiger partial charge on any atom is -0.324 e. The summed E-state index contributed by atoms with van der Waals surface area (Å²) in [7, 11) is 0. The minimum atomic E-state index is -0.785. The first-order chi connectivity index (χ1) is 10.6. The lowest BCUT2D eigenvalue weighted by atomic mass is 10.1. The molecule has 0 aliphatic carbocycles. The van der Waals surface area contributed by atoms with E-state index in [1.165, 1.54) is 42.2 Å². The average Bonchev–Trinajstić information content (AvgIpc) is 2.80. The molecule has 0 radical (unpaired) electrons. The topological polar surface area (TPSA) is 76.6 Å². The van der Waals surface area contributed by atoms with Gasteiger partial charge in [-0.1, -0.05) is 17.2 Å². The Morgan fingerprint density at radius 2 is 1.77 bits per heavy atom. The molecule has 6 nitrogen and oxygen atoms in total. The molecular weight excluding hydrogens is 304 g/mol. The average molecular weight is 314 g/mol. The Kier molecular flexibility index (Phi) is 3.64. The van der Waals surface area contributed by atoms with Gasteiger partial charge in [-0.2, -0.15) is 0 Å². The number of carbonyl (C=O) groups is 3. The molecular formula is C15H10N2O4S. The molecule has 0 bridgehead atoms. The molecule has 22 heavy (non-hydrogen) atoms. The first-order valence-electron chi connectivity index (χ1n) is 6.32. The van der Waals surface area contributed by atoms with Gasteiger partial charge < -0.3 is 4.84 Å². The number of nitrogens with zero attached hydrogens (tertiary/aromatic N) is 2. The van der Waals surface area contributed by atoms with E-state index in [0.717, 1.165) is 0 Å². The summed E-state index contributed by atoms with van der Waals surface area (Å²) in [6.07, 6.45) is 3.28. The van der Waals surface area contributed by atoms with Gasteiger partial charge in [-0.25, -0.2) is 9.78 Å². The molecule has 2 aromatic rings. The van der Waals surface area contributed by atoms with Crippen molar-refractivity contribution in [3.05, 3.63) is 59.3 Å². The van der Waals surface area contributed by atoms with Crippen LogP contribution in [0.15, 0.2) is 47.6 Å². The van der Waals surface area contributed by atoms with Crippen molar-refractivity contribution in [3.63, 3.8) is 0 Å². The van der Waals surface area contributed by atoms with Crippen molar-refractivity contribution in [3.8, 4) is 0 Å². The predicted octanol–water partition coefficient (Wildman–Crippen LogP) is 2.17. The molecule has 7 heteroatoms. The molecule has 1 aromatic heterocycles. The van der Waals surface area contributed by atoms with Crippen LogP contribution in [0.1, 0.15) is 31.1 Å². The molecule has 1 aromatic carbocycles. The fourth-order valence-electron chi connectivity index (χ4n) is 2.03. The third-order valence-corrected chi connectivity index (χ3v) is 3.75. The highest BCUT2D eigenvalue weighted by molar-refractivity contribution is 7.98. The quantitative estimate of drug-likeness (QED) is 0.638. The van der Waals surface area contributed by atoms with Gasteiger partial charge in [0.2, 0.25) is 0 Å². The fourth-order valence-corrected chi connectivity index (χ4v) is 2.44. The van der Waals surface area contributed by atoms with Crippen molar-refractivity contribution >= 4 is 29.5 Å². The van der Waals surface area contributed by atoms with Gasteiger partial charge in [0.05, 0.1) is 21.7 Å². The summed E-state index contributed by atoms with van der Waals surface area (Å²) in [4.78, 5) is 45.3. The lowest BCUT2D eigenvalue weighted by Crippen LogP contribution is -2.32. The number of hydrogen-bond donors (Lipinski definition) is 0. The van der Waals surface area contributed by atoms with Gasteiger partial charge in [0, 0.05) is 6.20 Å². The Labute approximate surface area is 130 Å². The zero-order chi connectivity index (χ0) is 15.7. The van der Waals surface area contributed by atoms with Crippen LogP contribution < -0.4 is 0 Å². The summed E-state index contributed by atoms with van der Waals surface area (Å²) in [5.74, 6) is -2.08. The number of fused-ring (bicyclic) bond motifs is 1. The van der Waals surface area contributed by atoms with Crippen LogP contribution in [0, 0.1) is 0 Å². The van der Waals surface area contributed by atoms with Gasteiger partial charge in [0.25, 0.3) is 11.8 Å². The Morgan fingerprint density at radius 3 is 2.36 bits per heavy atom. The number of hydroxylamine groups is 2. The normalized spacial score (nSPS) is 13.2. The number of rotatable bonds is 3. The van der Waals surface area contributed by atoms with Crippen LogP contribution in [0.25, 0.3) is 0 Å². The lowest BCUT2D eigenvalue weighted by Gasteiger charge is -2.12. The summed E-state index contributed by atoms with van der Waals surface area (Å²) in [5, 5.41) is 1.13. The monoisotopic (exact) mass is 314 g/mol. The number of imide groups is 1. The standard InChI is InChI=1S/C15H10N2O4S/c1-22-12-8-9(6-7-16-12)15(20)21-17-13(18)10-4-2-3-5-11(10)14(17)19/h2-8H,1H3. The number of thioether (sulfide) groups is 1. The van der Waals surface area contributed by atoms with Crippen molar-refractivity contribution in [2.75, 3.05) is 6.26 Å². The molecule has 0 saturated carbocycles. The molecule has 0 N–H and O–H groups in total. The predicted molar refractivity (Wildman–Crippen MR) is 78.4 cm³/mol. The molecule has 110 valence electrons. The van der Waals surface area contributed by atoms with E-state index in [9.17, 15) is 14.4 Å². The summed E-state index contributed by atoms with van der Waals surface area (Å²) in [5.41, 5.74) is 0.663. The number of pyridine rings is 1. The van der Waals surface area contributed by atoms with Crippen LogP contribution >= 0.6 is 11.8 Å². The Morgan fingerprint density at radius 1 is 1.14 bits per heavy atom. The zero-order valence-corrected chi connectivity index (χ0v) is 12.3. The number of aromatic nitrogens is 1. The molecule has 0 atom stereocenters. The Bertz CT molecular complexity index is 756. The van der Waals surface area contributed by atoms with Crippen molar-refractivity contribution < 1.29 is 19.2 Å². The fraction of sp³-hybridized carbons (Fsp3) is 0.0667. The first kappa shape index (κ1) is 14.3. The third kappa shape index (κ3) is 2.35. The van der Waals surface area contributed by atoms with Crippen molar-refractivity contribution in [1.82, 2.24) is 10.0 Å². The minimum absolute atomic E-state index is 0.218. The zero-order valence-electron chi connectivity index (χ0n) is 11.5. The van der Waals surface area contributed by atoms with Gasteiger partial charge >= 0.3 is 5.97 Å². The van der Waals surface area contributed by atoms with Crippen molar-refractivity contribution in [2.45, 2.75) is 5.03 Å². The van der Waals surface area contributed by atoms with E-state index in [1.807, 2.05) is 6.26 Å².